The fourth-order valence-corrected chi connectivity index (χ4v) is 8.63. The Labute approximate surface area is 323 Å². The Balaban J connectivity index is 1.11. The van der Waals surface area contributed by atoms with Crippen molar-refractivity contribution in [2.45, 2.75) is 0 Å². The largest absolute Gasteiger partial charge is 0.208 e. The smallest absolute Gasteiger partial charge is 0.164 e. The Kier molecular flexibility index (Phi) is 8.36. The van der Waals surface area contributed by atoms with E-state index in [1.807, 2.05) is 36.4 Å². The third-order valence-electron chi connectivity index (χ3n) is 10.2. The molecule has 8 aromatic carbocycles. The predicted octanol–water partition coefficient (Wildman–Crippen LogP) is 13.9. The fraction of sp³-hybridized carbons (Fsp3) is 0. The monoisotopic (exact) mass is 719 g/mol. The van der Waals surface area contributed by atoms with Gasteiger partial charge in [-0.3, -0.25) is 0 Å². The molecule has 0 fully saturated rings. The zero-order valence-corrected chi connectivity index (χ0v) is 30.6. The van der Waals surface area contributed by atoms with Gasteiger partial charge in [0.1, 0.15) is 0 Å². The maximum absolute atomic E-state index is 5.11. The minimum absolute atomic E-state index is 0.656. The molecule has 55 heavy (non-hydrogen) atoms. The number of nitrogens with zero attached hydrogens (tertiary/aromatic N) is 3. The highest BCUT2D eigenvalue weighted by molar-refractivity contribution is 7.26. The van der Waals surface area contributed by atoms with Gasteiger partial charge in [-0.15, -0.1) is 11.3 Å². The first-order valence-corrected chi connectivity index (χ1v) is 19.3. The second-order valence-corrected chi connectivity index (χ2v) is 14.6. The zero-order chi connectivity index (χ0) is 36.6. The van der Waals surface area contributed by atoms with Crippen LogP contribution >= 0.6 is 11.3 Å². The Bertz CT molecular complexity index is 2900. The lowest BCUT2D eigenvalue weighted by Gasteiger charge is -2.15. The van der Waals surface area contributed by atoms with Crippen molar-refractivity contribution in [3.63, 3.8) is 0 Å². The maximum Gasteiger partial charge on any atom is 0.164 e. The standard InChI is InChI=1S/C51H33N3S/c1-4-15-34(16-5-1)35-27-29-36(30-28-35)40-21-10-12-23-42(40)43-24-13-11-22-41(43)39-31-32-46-45(33-39)48-44(25-14-26-47(48)55-46)51-53-49(37-17-6-2-7-18-37)52-50(54-51)38-19-8-3-9-20-38/h1-33H. The summed E-state index contributed by atoms with van der Waals surface area (Å²) in [6.07, 6.45) is 0. The van der Waals surface area contributed by atoms with E-state index in [0.717, 1.165) is 27.6 Å². The first-order chi connectivity index (χ1) is 27.3. The van der Waals surface area contributed by atoms with Gasteiger partial charge in [0.15, 0.2) is 17.5 Å². The molecule has 2 aromatic heterocycles. The number of benzene rings is 8. The van der Waals surface area contributed by atoms with Gasteiger partial charge in [-0.25, -0.2) is 15.0 Å². The van der Waals surface area contributed by atoms with E-state index in [1.54, 1.807) is 11.3 Å². The molecule has 0 N–H and O–H groups in total. The molecule has 0 aliphatic carbocycles. The van der Waals surface area contributed by atoms with Crippen LogP contribution in [0.4, 0.5) is 0 Å². The molecule has 0 unspecified atom stereocenters. The van der Waals surface area contributed by atoms with Crippen LogP contribution in [-0.4, -0.2) is 15.0 Å². The molecule has 0 saturated heterocycles. The Morgan fingerprint density at radius 2 is 0.709 bits per heavy atom. The highest BCUT2D eigenvalue weighted by Gasteiger charge is 2.19. The molecule has 3 nitrogen and oxygen atoms in total. The van der Waals surface area contributed by atoms with Crippen LogP contribution in [0.1, 0.15) is 0 Å². The average Bonchev–Trinajstić information content (AvgIpc) is 3.65. The molecule has 4 heteroatoms. The highest BCUT2D eigenvalue weighted by atomic mass is 32.1. The number of rotatable bonds is 7. The predicted molar refractivity (Wildman–Crippen MR) is 231 cm³/mol. The fourth-order valence-electron chi connectivity index (χ4n) is 7.52. The molecule has 0 saturated carbocycles. The van der Waals surface area contributed by atoms with Gasteiger partial charge in [0.05, 0.1) is 0 Å². The minimum atomic E-state index is 0.656. The molecule has 0 bridgehead atoms. The SMILES string of the molecule is c1ccc(-c2ccc(-c3ccccc3-c3ccccc3-c3ccc4sc5cccc(-c6nc(-c7ccccc7)nc(-c7ccccc7)n6)c5c4c3)cc2)cc1. The van der Waals surface area contributed by atoms with Crippen molar-refractivity contribution in [1.82, 2.24) is 15.0 Å². The van der Waals surface area contributed by atoms with Crippen molar-refractivity contribution >= 4 is 31.5 Å². The van der Waals surface area contributed by atoms with Gasteiger partial charge in [0.25, 0.3) is 0 Å². The number of fused-ring (bicyclic) bond motifs is 3. The van der Waals surface area contributed by atoms with E-state index in [1.165, 1.54) is 53.7 Å². The summed E-state index contributed by atoms with van der Waals surface area (Å²) in [7, 11) is 0. The third-order valence-corrected chi connectivity index (χ3v) is 11.3. The molecule has 0 atom stereocenters. The average molecular weight is 720 g/mol. The van der Waals surface area contributed by atoms with Crippen molar-refractivity contribution in [2.75, 3.05) is 0 Å². The van der Waals surface area contributed by atoms with Gasteiger partial charge >= 0.3 is 0 Å². The van der Waals surface area contributed by atoms with E-state index in [2.05, 4.69) is 164 Å². The quantitative estimate of drug-likeness (QED) is 0.165. The number of thiophene rings is 1. The molecule has 0 aliphatic rings. The van der Waals surface area contributed by atoms with Crippen LogP contribution < -0.4 is 0 Å². The van der Waals surface area contributed by atoms with Crippen molar-refractivity contribution in [1.29, 1.82) is 0 Å². The van der Waals surface area contributed by atoms with E-state index in [4.69, 9.17) is 15.0 Å². The Morgan fingerprint density at radius 1 is 0.273 bits per heavy atom. The Hall–Kier alpha value is -7.01. The number of aromatic nitrogens is 3. The van der Waals surface area contributed by atoms with E-state index in [-0.39, 0.29) is 0 Å². The molecular formula is C51H33N3S. The highest BCUT2D eigenvalue weighted by Crippen LogP contribution is 2.44. The summed E-state index contributed by atoms with van der Waals surface area (Å²) < 4.78 is 2.42. The minimum Gasteiger partial charge on any atom is -0.208 e. The normalized spacial score (nSPS) is 11.3. The lowest BCUT2D eigenvalue weighted by molar-refractivity contribution is 1.08. The molecule has 0 radical (unpaired) electrons. The van der Waals surface area contributed by atoms with E-state index in [9.17, 15) is 0 Å². The van der Waals surface area contributed by atoms with E-state index < -0.39 is 0 Å². The molecule has 258 valence electrons. The lowest BCUT2D eigenvalue weighted by Crippen LogP contribution is -2.00. The van der Waals surface area contributed by atoms with Gasteiger partial charge < -0.3 is 0 Å². The van der Waals surface area contributed by atoms with Crippen LogP contribution in [0.2, 0.25) is 0 Å². The summed E-state index contributed by atoms with van der Waals surface area (Å²) in [6, 6.07) is 70.6. The molecule has 2 heterocycles. The maximum atomic E-state index is 5.11. The molecule has 0 amide bonds. The van der Waals surface area contributed by atoms with E-state index in [0.29, 0.717) is 17.5 Å². The first kappa shape index (κ1) is 32.6. The number of hydrogen-bond donors (Lipinski definition) is 0. The van der Waals surface area contributed by atoms with Crippen molar-refractivity contribution in [3.8, 4) is 78.7 Å². The second-order valence-electron chi connectivity index (χ2n) is 13.6. The number of hydrogen-bond acceptors (Lipinski definition) is 4. The van der Waals surface area contributed by atoms with E-state index >= 15 is 0 Å². The molecule has 0 spiro atoms. The molecular weight excluding hydrogens is 687 g/mol. The zero-order valence-electron chi connectivity index (χ0n) is 29.8. The van der Waals surface area contributed by atoms with Crippen LogP contribution in [0.25, 0.3) is 98.8 Å². The summed E-state index contributed by atoms with van der Waals surface area (Å²) in [6.45, 7) is 0. The van der Waals surface area contributed by atoms with Crippen LogP contribution in [0.5, 0.6) is 0 Å². The summed E-state index contributed by atoms with van der Waals surface area (Å²) >= 11 is 1.80. The van der Waals surface area contributed by atoms with Crippen LogP contribution in [0, 0.1) is 0 Å². The third kappa shape index (κ3) is 6.19. The molecule has 10 aromatic rings. The van der Waals surface area contributed by atoms with Gasteiger partial charge in [-0.1, -0.05) is 182 Å². The first-order valence-electron chi connectivity index (χ1n) is 18.4. The van der Waals surface area contributed by atoms with Gasteiger partial charge in [0.2, 0.25) is 0 Å². The van der Waals surface area contributed by atoms with Gasteiger partial charge in [-0.05, 0) is 62.7 Å². The Morgan fingerprint density at radius 3 is 1.31 bits per heavy atom. The van der Waals surface area contributed by atoms with Crippen molar-refractivity contribution in [2.24, 2.45) is 0 Å². The summed E-state index contributed by atoms with van der Waals surface area (Å²) in [5.74, 6) is 1.98. The molecule has 0 aliphatic heterocycles. The second kappa shape index (κ2) is 14.1. The van der Waals surface area contributed by atoms with Crippen LogP contribution in [-0.2, 0) is 0 Å². The summed E-state index contributed by atoms with van der Waals surface area (Å²) in [5.41, 5.74) is 12.5. The van der Waals surface area contributed by atoms with Crippen molar-refractivity contribution in [3.05, 3.63) is 200 Å². The van der Waals surface area contributed by atoms with Gasteiger partial charge in [-0.2, -0.15) is 0 Å². The molecule has 10 rings (SSSR count). The summed E-state index contributed by atoms with van der Waals surface area (Å²) in [4.78, 5) is 15.2. The topological polar surface area (TPSA) is 38.7 Å². The van der Waals surface area contributed by atoms with Crippen LogP contribution in [0.15, 0.2) is 200 Å². The van der Waals surface area contributed by atoms with Gasteiger partial charge in [0, 0.05) is 36.9 Å². The summed E-state index contributed by atoms with van der Waals surface area (Å²) in [5, 5.41) is 2.35. The van der Waals surface area contributed by atoms with Crippen molar-refractivity contribution < 1.29 is 0 Å². The lowest BCUT2D eigenvalue weighted by atomic mass is 9.88. The van der Waals surface area contributed by atoms with Crippen LogP contribution in [0.3, 0.4) is 0 Å².